The predicted octanol–water partition coefficient (Wildman–Crippen LogP) is 0.777. The van der Waals surface area contributed by atoms with E-state index in [2.05, 4.69) is 11.1 Å². The van der Waals surface area contributed by atoms with Gasteiger partial charge in [-0.15, -0.1) is 0 Å². The van der Waals surface area contributed by atoms with Gasteiger partial charge in [-0.25, -0.2) is 0 Å². The van der Waals surface area contributed by atoms with E-state index in [0.717, 1.165) is 25.7 Å². The topological polar surface area (TPSA) is 80.7 Å². The fourth-order valence-electron chi connectivity index (χ4n) is 1.03. The number of hydrogen-bond acceptors (Lipinski definition) is 4. The summed E-state index contributed by atoms with van der Waals surface area (Å²) in [7, 11) is -4.62. The van der Waals surface area contributed by atoms with Gasteiger partial charge >= 0.3 is 40.3 Å². The van der Waals surface area contributed by atoms with Crippen LogP contribution in [0.3, 0.4) is 0 Å². The number of hydrogen-bond donors (Lipinski definition) is 1. The molecule has 0 saturated heterocycles. The monoisotopic (exact) mass is 346 g/mol. The molecule has 5 nitrogen and oxygen atoms in total. The number of carbonyl (C=O) groups is 1. The van der Waals surface area contributed by atoms with Crippen LogP contribution in [0.1, 0.15) is 45.4 Å². The van der Waals surface area contributed by atoms with Crippen molar-refractivity contribution in [3.63, 3.8) is 0 Å². The van der Waals surface area contributed by atoms with Crippen LogP contribution < -0.4 is 0 Å². The molecule has 0 saturated carbocycles. The zero-order valence-electron chi connectivity index (χ0n) is 8.94. The molecule has 0 aromatic rings. The summed E-state index contributed by atoms with van der Waals surface area (Å²) in [5.41, 5.74) is 0. The second-order valence-corrected chi connectivity index (χ2v) is 4.07. The van der Waals surface area contributed by atoms with Gasteiger partial charge in [0.15, 0.2) is 0 Å². The molecule has 0 aliphatic rings. The van der Waals surface area contributed by atoms with Crippen LogP contribution in [0.4, 0.5) is 0 Å². The zero-order chi connectivity index (χ0) is 11.0. The molecule has 0 atom stereocenters. The van der Waals surface area contributed by atoms with E-state index < -0.39 is 16.4 Å². The number of carbonyl (C=O) groups excluding carboxylic acids is 1. The molecule has 0 aromatic heterocycles. The summed E-state index contributed by atoms with van der Waals surface area (Å²) in [6.07, 6.45) is 4.73. The third-order valence-electron chi connectivity index (χ3n) is 1.68. The van der Waals surface area contributed by atoms with E-state index in [-0.39, 0.29) is 30.3 Å². The maximum absolute atomic E-state index is 10.7. The summed E-state index contributed by atoms with van der Waals surface area (Å²) in [4.78, 5) is 10.7. The summed E-state index contributed by atoms with van der Waals surface area (Å²) >= 11 is 0. The Balaban J connectivity index is 0. The third kappa shape index (κ3) is 14.2. The van der Waals surface area contributed by atoms with Crippen molar-refractivity contribution in [3.8, 4) is 0 Å². The Morgan fingerprint density at radius 2 is 1.73 bits per heavy atom. The van der Waals surface area contributed by atoms with Crippen LogP contribution in [0.25, 0.3) is 0 Å². The molecular weight excluding hydrogens is 327 g/mol. The molecule has 15 heavy (non-hydrogen) atoms. The van der Waals surface area contributed by atoms with Crippen molar-refractivity contribution in [1.29, 1.82) is 0 Å². The summed E-state index contributed by atoms with van der Waals surface area (Å²) in [6.45, 7) is 2.08. The van der Waals surface area contributed by atoms with Crippen LogP contribution in [0.5, 0.6) is 0 Å². The van der Waals surface area contributed by atoms with Crippen LogP contribution in [-0.4, -0.2) is 42.8 Å². The molecule has 0 rings (SSSR count). The van der Waals surface area contributed by atoms with Gasteiger partial charge in [0.2, 0.25) is 0 Å². The molecule has 0 aliphatic heterocycles. The van der Waals surface area contributed by atoms with Crippen molar-refractivity contribution >= 4 is 40.3 Å². The van der Waals surface area contributed by atoms with Gasteiger partial charge in [-0.05, 0) is 6.42 Å². The molecule has 0 aliphatic carbocycles. The Hall–Kier alpha value is 0.179. The van der Waals surface area contributed by atoms with Crippen LogP contribution in [0.2, 0.25) is 0 Å². The van der Waals surface area contributed by atoms with Crippen molar-refractivity contribution in [3.05, 3.63) is 0 Å². The molecule has 0 amide bonds. The molecule has 0 heterocycles. The van der Waals surface area contributed by atoms with Gasteiger partial charge in [-0.3, -0.25) is 9.35 Å². The van der Waals surface area contributed by atoms with Crippen molar-refractivity contribution in [2.45, 2.75) is 45.4 Å². The molecule has 2 radical (unpaired) electrons. The van der Waals surface area contributed by atoms with Crippen LogP contribution >= 0.6 is 0 Å². The van der Waals surface area contributed by atoms with Gasteiger partial charge in [-0.2, -0.15) is 8.42 Å². The van der Waals surface area contributed by atoms with Gasteiger partial charge in [-0.1, -0.05) is 32.6 Å². The zero-order valence-corrected chi connectivity index (χ0v) is 13.8. The first-order valence-corrected chi connectivity index (χ1v) is 6.02. The summed E-state index contributed by atoms with van der Waals surface area (Å²) in [6, 6.07) is 0. The standard InChI is InChI=1S/C8H16O5S.Sn.2H/c1-2-3-4-5-6-7-8(9)13-14(10,11)12;;;/h2-7H2,1H3,(H,10,11,12);;;. The van der Waals surface area contributed by atoms with E-state index in [1.165, 1.54) is 0 Å². The Morgan fingerprint density at radius 3 is 2.20 bits per heavy atom. The second-order valence-electron chi connectivity index (χ2n) is 3.05. The maximum atomic E-state index is 10.7. The summed E-state index contributed by atoms with van der Waals surface area (Å²) in [5.74, 6) is -0.899. The number of unbranched alkanes of at least 4 members (excludes halogenated alkanes) is 4. The quantitative estimate of drug-likeness (QED) is 0.419. The average Bonchev–Trinajstić information content (AvgIpc) is 2.00. The Bertz CT molecular complexity index is 262. The first kappa shape index (κ1) is 17.6. The normalized spacial score (nSPS) is 10.5. The number of rotatable bonds is 7. The van der Waals surface area contributed by atoms with Crippen molar-refractivity contribution < 1.29 is 21.9 Å². The summed E-state index contributed by atoms with van der Waals surface area (Å²) in [5, 5.41) is 0. The Morgan fingerprint density at radius 1 is 1.20 bits per heavy atom. The predicted molar refractivity (Wildman–Crippen MR) is 59.6 cm³/mol. The van der Waals surface area contributed by atoms with Crippen LogP contribution in [0, 0.1) is 0 Å². The van der Waals surface area contributed by atoms with E-state index in [1.807, 2.05) is 0 Å². The second kappa shape index (κ2) is 9.41. The molecule has 0 unspecified atom stereocenters. The van der Waals surface area contributed by atoms with E-state index in [4.69, 9.17) is 4.55 Å². The molecule has 0 bridgehead atoms. The van der Waals surface area contributed by atoms with Gasteiger partial charge in [0.25, 0.3) is 0 Å². The first-order chi connectivity index (χ1) is 6.45. The van der Waals surface area contributed by atoms with Gasteiger partial charge in [0, 0.05) is 6.42 Å². The molecule has 90 valence electrons. The average molecular weight is 345 g/mol. The molecule has 0 spiro atoms. The van der Waals surface area contributed by atoms with E-state index >= 15 is 0 Å². The molecule has 7 heteroatoms. The van der Waals surface area contributed by atoms with Crippen molar-refractivity contribution in [2.24, 2.45) is 0 Å². The van der Waals surface area contributed by atoms with Gasteiger partial charge in [0.05, 0.1) is 0 Å². The van der Waals surface area contributed by atoms with Crippen LogP contribution in [-0.2, 0) is 19.4 Å². The van der Waals surface area contributed by atoms with Gasteiger partial charge < -0.3 is 4.18 Å². The van der Waals surface area contributed by atoms with E-state index in [1.54, 1.807) is 0 Å². The van der Waals surface area contributed by atoms with E-state index in [9.17, 15) is 13.2 Å². The van der Waals surface area contributed by atoms with Gasteiger partial charge in [0.1, 0.15) is 0 Å². The SMILES string of the molecule is CCCCCCCC(=O)OS(=O)(=O)O.[SnH2]. The molecular formula is C8H18O5SSn. The molecule has 1 N–H and O–H groups in total. The van der Waals surface area contributed by atoms with E-state index in [0.29, 0.717) is 6.42 Å². The fourth-order valence-corrected chi connectivity index (χ4v) is 1.35. The Kier molecular flexibility index (Phi) is 11.0. The minimum absolute atomic E-state index is 0. The minimum atomic E-state index is -4.62. The third-order valence-corrected chi connectivity index (χ3v) is 2.08. The summed E-state index contributed by atoms with van der Waals surface area (Å²) < 4.78 is 32.1. The van der Waals surface area contributed by atoms with Crippen molar-refractivity contribution in [1.82, 2.24) is 0 Å². The molecule has 0 fully saturated rings. The Labute approximate surface area is 107 Å². The van der Waals surface area contributed by atoms with Crippen molar-refractivity contribution in [2.75, 3.05) is 0 Å². The fraction of sp³-hybridized carbons (Fsp3) is 0.875. The first-order valence-electron chi connectivity index (χ1n) is 4.65. The van der Waals surface area contributed by atoms with Crippen LogP contribution in [0.15, 0.2) is 0 Å². The molecule has 0 aromatic carbocycles.